The fourth-order valence-electron chi connectivity index (χ4n) is 1.54. The van der Waals surface area contributed by atoms with E-state index in [2.05, 4.69) is 17.4 Å². The van der Waals surface area contributed by atoms with Gasteiger partial charge in [-0.3, -0.25) is 0 Å². The lowest BCUT2D eigenvalue weighted by Crippen LogP contribution is -1.72. The van der Waals surface area contributed by atoms with Crippen LogP contribution in [-0.2, 0) is 0 Å². The summed E-state index contributed by atoms with van der Waals surface area (Å²) in [6, 6.07) is 12.1. The van der Waals surface area contributed by atoms with Gasteiger partial charge in [-0.05, 0) is 11.5 Å². The Hall–Kier alpha value is -1.83. The van der Waals surface area contributed by atoms with E-state index >= 15 is 0 Å². The van der Waals surface area contributed by atoms with Gasteiger partial charge >= 0.3 is 0 Å². The first-order valence-electron chi connectivity index (χ1n) is 4.09. The third kappa shape index (κ3) is 0.855. The predicted octanol–water partition coefficient (Wildman–Crippen LogP) is 2.78. The fraction of sp³-hybridized carbons (Fsp3) is 0. The molecule has 0 aliphatic heterocycles. The van der Waals surface area contributed by atoms with Crippen molar-refractivity contribution in [1.29, 1.82) is 0 Å². The second kappa shape index (κ2) is 2.33. The average molecular weight is 168 g/mol. The normalized spacial score (nSPS) is 11.1. The Bertz CT molecular complexity index is 568. The molecule has 0 unspecified atom stereocenters. The lowest BCUT2D eigenvalue weighted by molar-refractivity contribution is 0.594. The predicted molar refractivity (Wildman–Crippen MR) is 50.4 cm³/mol. The van der Waals surface area contributed by atoms with Crippen molar-refractivity contribution in [1.82, 2.24) is 4.98 Å². The highest BCUT2D eigenvalue weighted by Crippen LogP contribution is 2.23. The van der Waals surface area contributed by atoms with Crippen LogP contribution in [0.1, 0.15) is 0 Å². The van der Waals surface area contributed by atoms with E-state index in [1.165, 1.54) is 5.39 Å². The van der Waals surface area contributed by atoms with Crippen LogP contribution >= 0.6 is 0 Å². The number of hydrogen-bond donors (Lipinski definition) is 0. The van der Waals surface area contributed by atoms with E-state index in [-0.39, 0.29) is 0 Å². The van der Waals surface area contributed by atoms with Gasteiger partial charge in [-0.1, -0.05) is 30.3 Å². The Morgan fingerprint density at radius 1 is 1.08 bits per heavy atom. The maximum absolute atomic E-state index is 5.20. The van der Waals surface area contributed by atoms with Gasteiger partial charge in [-0.25, -0.2) is 4.98 Å². The zero-order valence-electron chi connectivity index (χ0n) is 6.82. The zero-order chi connectivity index (χ0) is 8.67. The number of hydrogen-bond acceptors (Lipinski definition) is 2. The first kappa shape index (κ1) is 6.66. The Kier molecular flexibility index (Phi) is 1.19. The maximum Gasteiger partial charge on any atom is 0.284 e. The van der Waals surface area contributed by atoms with E-state index in [4.69, 9.17) is 4.42 Å². The van der Waals surface area contributed by atoms with E-state index in [0.717, 1.165) is 16.5 Å². The summed E-state index contributed by atoms with van der Waals surface area (Å²) in [5.74, 6) is 0. The quantitative estimate of drug-likeness (QED) is 0.515. The Morgan fingerprint density at radius 2 is 2.00 bits per heavy atom. The van der Waals surface area contributed by atoms with Gasteiger partial charge in [-0.15, -0.1) is 0 Å². The minimum Gasteiger partial charge on any atom is -0.432 e. The summed E-state index contributed by atoms with van der Waals surface area (Å²) in [4.78, 5) is 3.98. The molecule has 0 aliphatic rings. The Balaban J connectivity index is 2.65. The molecule has 2 nitrogen and oxygen atoms in total. The summed E-state index contributed by atoms with van der Waals surface area (Å²) >= 11 is 0. The molecule has 0 spiro atoms. The van der Waals surface area contributed by atoms with Crippen LogP contribution in [0.3, 0.4) is 0 Å². The Morgan fingerprint density at radius 3 is 3.00 bits per heavy atom. The molecule has 0 saturated carbocycles. The molecule has 0 aliphatic carbocycles. The molecule has 2 heteroatoms. The zero-order valence-corrected chi connectivity index (χ0v) is 6.82. The van der Waals surface area contributed by atoms with Crippen molar-refractivity contribution in [2.24, 2.45) is 0 Å². The summed E-state index contributed by atoms with van der Waals surface area (Å²) in [6.45, 7) is 0. The van der Waals surface area contributed by atoms with Crippen molar-refractivity contribution >= 4 is 21.9 Å². The molecule has 0 saturated heterocycles. The van der Waals surface area contributed by atoms with Crippen LogP contribution in [0.5, 0.6) is 0 Å². The summed E-state index contributed by atoms with van der Waals surface area (Å²) in [6.07, 6.45) is 2.50. The third-order valence-corrected chi connectivity index (χ3v) is 2.17. The van der Waals surface area contributed by atoms with Crippen molar-refractivity contribution in [3.8, 4) is 0 Å². The number of nitrogens with zero attached hydrogens (tertiary/aromatic N) is 1. The van der Waals surface area contributed by atoms with Gasteiger partial charge in [0.15, 0.2) is 5.58 Å². The van der Waals surface area contributed by atoms with Crippen molar-refractivity contribution < 1.29 is 4.42 Å². The van der Waals surface area contributed by atoms with Gasteiger partial charge in [0.05, 0.1) is 0 Å². The van der Waals surface area contributed by atoms with Crippen LogP contribution in [0.25, 0.3) is 21.9 Å². The first-order chi connectivity index (χ1) is 6.45. The lowest BCUT2D eigenvalue weighted by atomic mass is 10.1. The first-order valence-corrected chi connectivity index (χ1v) is 4.09. The fourth-order valence-corrected chi connectivity index (χ4v) is 1.54. The highest BCUT2D eigenvalue weighted by molar-refractivity contribution is 6.02. The largest absolute Gasteiger partial charge is 0.432 e. The van der Waals surface area contributed by atoms with Crippen molar-refractivity contribution in [2.45, 2.75) is 0 Å². The molecular weight excluding hydrogens is 162 g/mol. The second-order valence-electron chi connectivity index (χ2n) is 2.94. The number of aromatic nitrogens is 1. The van der Waals surface area contributed by atoms with Crippen LogP contribution < -0.4 is 0 Å². The molecule has 3 rings (SSSR count). The molecule has 0 atom stereocenters. The maximum atomic E-state index is 5.20. The van der Waals surface area contributed by atoms with Crippen molar-refractivity contribution in [3.63, 3.8) is 0 Å². The van der Waals surface area contributed by atoms with E-state index in [1.54, 1.807) is 0 Å². The average Bonchev–Trinajstić information content (AvgIpc) is 2.65. The molecular formula is C11H6NO. The number of oxazole rings is 1. The SMILES string of the molecule is [c]1nc2ccc3ccccc3c2o1. The highest BCUT2D eigenvalue weighted by atomic mass is 16.3. The molecule has 2 aromatic carbocycles. The van der Waals surface area contributed by atoms with Gasteiger partial charge in [-0.2, -0.15) is 0 Å². The van der Waals surface area contributed by atoms with Gasteiger partial charge in [0.2, 0.25) is 0 Å². The number of benzene rings is 2. The summed E-state index contributed by atoms with van der Waals surface area (Å²) in [5, 5.41) is 2.26. The van der Waals surface area contributed by atoms with Crippen LogP contribution in [0, 0.1) is 6.39 Å². The van der Waals surface area contributed by atoms with Crippen LogP contribution in [0.15, 0.2) is 40.8 Å². The van der Waals surface area contributed by atoms with Crippen LogP contribution in [0.4, 0.5) is 0 Å². The van der Waals surface area contributed by atoms with Crippen molar-refractivity contribution in [3.05, 3.63) is 42.8 Å². The van der Waals surface area contributed by atoms with Gasteiger partial charge in [0.1, 0.15) is 5.52 Å². The molecule has 0 bridgehead atoms. The number of fused-ring (bicyclic) bond motifs is 3. The molecule has 0 N–H and O–H groups in total. The molecule has 13 heavy (non-hydrogen) atoms. The van der Waals surface area contributed by atoms with E-state index < -0.39 is 0 Å². The third-order valence-electron chi connectivity index (χ3n) is 2.17. The molecule has 0 amide bonds. The van der Waals surface area contributed by atoms with E-state index in [1.807, 2.05) is 30.3 Å². The summed E-state index contributed by atoms with van der Waals surface area (Å²) in [7, 11) is 0. The molecule has 0 fully saturated rings. The van der Waals surface area contributed by atoms with Crippen LogP contribution in [-0.4, -0.2) is 4.98 Å². The summed E-state index contributed by atoms with van der Waals surface area (Å²) < 4.78 is 5.20. The number of rotatable bonds is 0. The molecule has 1 radical (unpaired) electrons. The van der Waals surface area contributed by atoms with Gasteiger partial charge < -0.3 is 4.42 Å². The van der Waals surface area contributed by atoms with Gasteiger partial charge in [0.25, 0.3) is 6.39 Å². The van der Waals surface area contributed by atoms with Crippen LogP contribution in [0.2, 0.25) is 0 Å². The minimum atomic E-state index is 0.818. The van der Waals surface area contributed by atoms with Gasteiger partial charge in [0, 0.05) is 5.39 Å². The molecule has 1 aromatic heterocycles. The lowest BCUT2D eigenvalue weighted by Gasteiger charge is -1.95. The second-order valence-corrected chi connectivity index (χ2v) is 2.94. The van der Waals surface area contributed by atoms with E-state index in [9.17, 15) is 0 Å². The highest BCUT2D eigenvalue weighted by Gasteiger charge is 2.02. The molecule has 3 aromatic rings. The smallest absolute Gasteiger partial charge is 0.284 e. The standard InChI is InChI=1S/C11H6NO/c1-2-4-9-8(3-1)5-6-10-11(9)13-7-12-10/h1-6H. The van der Waals surface area contributed by atoms with E-state index in [0.29, 0.717) is 0 Å². The minimum absolute atomic E-state index is 0.818. The Labute approximate surface area is 74.8 Å². The monoisotopic (exact) mass is 168 g/mol. The summed E-state index contributed by atoms with van der Waals surface area (Å²) in [5.41, 5.74) is 1.68. The van der Waals surface area contributed by atoms with Crippen molar-refractivity contribution in [2.75, 3.05) is 0 Å². The molecule has 61 valence electrons. The topological polar surface area (TPSA) is 26.0 Å². The molecule has 1 heterocycles.